The molecule has 0 rings (SSSR count). The Balaban J connectivity index is 0. The van der Waals surface area contributed by atoms with Gasteiger partial charge >= 0.3 is 71.9 Å². The van der Waals surface area contributed by atoms with Crippen molar-refractivity contribution in [1.29, 1.82) is 0 Å². The molecule has 0 aromatic carbocycles. The predicted octanol–water partition coefficient (Wildman–Crippen LogP) is -6.47. The topological polar surface area (TPSA) is 114 Å². The van der Waals surface area contributed by atoms with Gasteiger partial charge in [-0.15, -0.1) is 0 Å². The normalized spacial score (nSPS) is 0. The summed E-state index contributed by atoms with van der Waals surface area (Å²) in [5.41, 5.74) is 0. The van der Waals surface area contributed by atoms with Crippen molar-refractivity contribution in [3.8, 4) is 0 Å². The molecule has 0 fully saturated rings. The molecule has 0 aliphatic rings. The van der Waals surface area contributed by atoms with Crippen LogP contribution in [-0.4, -0.2) is 0 Å². The number of rotatable bonds is 0. The van der Waals surface area contributed by atoms with E-state index in [0.29, 0.717) is 0 Å². The minimum atomic E-state index is 0. The van der Waals surface area contributed by atoms with Crippen molar-refractivity contribution >= 4 is 0 Å². The van der Waals surface area contributed by atoms with Crippen molar-refractivity contribution in [2.75, 3.05) is 0 Å². The van der Waals surface area contributed by atoms with Crippen molar-refractivity contribution in [3.05, 3.63) is 0 Å². The van der Waals surface area contributed by atoms with Gasteiger partial charge in [-0.2, -0.15) is 0 Å². The van der Waals surface area contributed by atoms with Gasteiger partial charge in [0.1, 0.15) is 0 Å². The van der Waals surface area contributed by atoms with Crippen molar-refractivity contribution < 1.29 is 93.8 Å². The van der Waals surface area contributed by atoms with Gasteiger partial charge in [-0.3, -0.25) is 0 Å². The third-order valence-corrected chi connectivity index (χ3v) is 0. The maximum Gasteiger partial charge on any atom is 3.00 e. The van der Waals surface area contributed by atoms with Gasteiger partial charge in [-0.25, -0.2) is 0 Å². The maximum atomic E-state index is 0. The summed E-state index contributed by atoms with van der Waals surface area (Å²) in [5, 5.41) is 0. The molecule has 8 heteroatoms. The molecule has 0 bridgehead atoms. The molecule has 0 N–H and O–H groups in total. The largest absolute Gasteiger partial charge is 3.00 e. The fraction of sp³-hybridized carbons (Fsp3) is 0. The van der Waals surface area contributed by atoms with E-state index in [0.717, 1.165) is 0 Å². The van der Waals surface area contributed by atoms with E-state index in [1.807, 2.05) is 0 Å². The Labute approximate surface area is 93.1 Å². The quantitative estimate of drug-likeness (QED) is 0.337. The standard InChI is InChI=1S/2Fe.2Li.4O/q2*+3;2*+1;4*-2. The van der Waals surface area contributed by atoms with E-state index >= 15 is 0 Å². The van der Waals surface area contributed by atoms with Gasteiger partial charge in [0, 0.05) is 0 Å². The van der Waals surface area contributed by atoms with Crippen molar-refractivity contribution in [3.63, 3.8) is 0 Å². The zero-order chi connectivity index (χ0) is 0. The van der Waals surface area contributed by atoms with Crippen LogP contribution in [0.5, 0.6) is 0 Å². The minimum Gasteiger partial charge on any atom is -2.00 e. The van der Waals surface area contributed by atoms with Crippen LogP contribution in [-0.2, 0) is 56.0 Å². The molecule has 0 aliphatic carbocycles. The van der Waals surface area contributed by atoms with Gasteiger partial charge in [0.2, 0.25) is 0 Å². The van der Waals surface area contributed by atoms with Crippen LogP contribution in [0.2, 0.25) is 0 Å². The smallest absolute Gasteiger partial charge is 2.00 e. The second kappa shape index (κ2) is 138. The number of hydrogen-bond donors (Lipinski definition) is 0. The van der Waals surface area contributed by atoms with Crippen molar-refractivity contribution in [1.82, 2.24) is 0 Å². The summed E-state index contributed by atoms with van der Waals surface area (Å²) in [6, 6.07) is 0. The van der Waals surface area contributed by atoms with Crippen LogP contribution in [0, 0.1) is 0 Å². The van der Waals surface area contributed by atoms with E-state index in [-0.39, 0.29) is 93.8 Å². The summed E-state index contributed by atoms with van der Waals surface area (Å²) in [6.45, 7) is 0. The Bertz CT molecular complexity index is 12.0. The molecule has 0 spiro atoms. The molecule has 0 saturated carbocycles. The zero-order valence-corrected chi connectivity index (χ0v) is 6.55. The Morgan fingerprint density at radius 1 is 0.375 bits per heavy atom. The van der Waals surface area contributed by atoms with Crippen LogP contribution in [0.3, 0.4) is 0 Å². The van der Waals surface area contributed by atoms with Gasteiger partial charge in [0.05, 0.1) is 0 Å². The van der Waals surface area contributed by atoms with E-state index in [1.54, 1.807) is 0 Å². The SMILES string of the molecule is [Fe+3].[Fe+3].[Li+].[Li+].[O-2].[O-2].[O-2].[O-2]. The molecule has 42 valence electrons. The first kappa shape index (κ1) is 193. The summed E-state index contributed by atoms with van der Waals surface area (Å²) in [6.07, 6.45) is 0. The van der Waals surface area contributed by atoms with Gasteiger partial charge in [-0.1, -0.05) is 0 Å². The second-order valence-corrected chi connectivity index (χ2v) is 0. The van der Waals surface area contributed by atoms with Gasteiger partial charge in [0.15, 0.2) is 0 Å². The summed E-state index contributed by atoms with van der Waals surface area (Å²) in [5.74, 6) is 0. The third kappa shape index (κ3) is 93.9. The number of hydrogen-bond acceptors (Lipinski definition) is 0. The molecule has 0 aliphatic heterocycles. The van der Waals surface area contributed by atoms with E-state index in [9.17, 15) is 0 Å². The average Bonchev–Trinajstić information content (AvgIpc) is 0. The molecular weight excluding hydrogens is 190 g/mol. The molecule has 0 saturated heterocycles. The van der Waals surface area contributed by atoms with Crippen LogP contribution in [0.4, 0.5) is 0 Å². The van der Waals surface area contributed by atoms with E-state index < -0.39 is 0 Å². The summed E-state index contributed by atoms with van der Waals surface area (Å²) in [4.78, 5) is 0. The molecule has 0 atom stereocenters. The van der Waals surface area contributed by atoms with Crippen LogP contribution < -0.4 is 37.7 Å². The van der Waals surface area contributed by atoms with E-state index in [2.05, 4.69) is 0 Å². The fourth-order valence-corrected chi connectivity index (χ4v) is 0. The summed E-state index contributed by atoms with van der Waals surface area (Å²) in [7, 11) is 0. The first-order valence-corrected chi connectivity index (χ1v) is 0. The molecule has 0 aromatic rings. The Morgan fingerprint density at radius 2 is 0.375 bits per heavy atom. The van der Waals surface area contributed by atoms with Crippen LogP contribution in [0.15, 0.2) is 0 Å². The van der Waals surface area contributed by atoms with Gasteiger partial charge < -0.3 is 21.9 Å². The Morgan fingerprint density at radius 3 is 0.375 bits per heavy atom. The first-order chi connectivity index (χ1) is 0. The van der Waals surface area contributed by atoms with Crippen LogP contribution >= 0.6 is 0 Å². The van der Waals surface area contributed by atoms with Crippen molar-refractivity contribution in [2.24, 2.45) is 0 Å². The summed E-state index contributed by atoms with van der Waals surface area (Å²) < 4.78 is 0. The van der Waals surface area contributed by atoms with Gasteiger partial charge in [-0.05, 0) is 0 Å². The van der Waals surface area contributed by atoms with E-state index in [1.165, 1.54) is 0 Å². The van der Waals surface area contributed by atoms with Crippen LogP contribution in [0.25, 0.3) is 0 Å². The monoisotopic (exact) mass is 190 g/mol. The molecule has 2 radical (unpaired) electrons. The predicted molar refractivity (Wildman–Crippen MR) is 2.75 cm³/mol. The molecule has 8 heavy (non-hydrogen) atoms. The van der Waals surface area contributed by atoms with Crippen LogP contribution in [0.1, 0.15) is 0 Å². The molecule has 0 heterocycles. The molecule has 4 nitrogen and oxygen atoms in total. The maximum absolute atomic E-state index is 0. The summed E-state index contributed by atoms with van der Waals surface area (Å²) >= 11 is 0. The Hall–Kier alpha value is 2.07. The fourth-order valence-electron chi connectivity index (χ4n) is 0. The molecular formula is Fe2Li2O4. The van der Waals surface area contributed by atoms with Crippen molar-refractivity contribution in [2.45, 2.75) is 0 Å². The zero-order valence-electron chi connectivity index (χ0n) is 4.34. The van der Waals surface area contributed by atoms with Gasteiger partial charge in [0.25, 0.3) is 0 Å². The molecule has 0 unspecified atom stereocenters. The second-order valence-electron chi connectivity index (χ2n) is 0. The Kier molecular flexibility index (Phi) is 3320. The first-order valence-electron chi connectivity index (χ1n) is 0. The third-order valence-electron chi connectivity index (χ3n) is 0. The molecule has 0 amide bonds. The van der Waals surface area contributed by atoms with E-state index in [4.69, 9.17) is 0 Å². The minimum absolute atomic E-state index is 0. The average molecular weight is 190 g/mol. The molecule has 0 aromatic heterocycles.